The number of nitrogens with zero attached hydrogens (tertiary/aromatic N) is 7. The Morgan fingerprint density at radius 3 is 2.81 bits per heavy atom. The van der Waals surface area contributed by atoms with Gasteiger partial charge in [-0.2, -0.15) is 20.3 Å². The van der Waals surface area contributed by atoms with Crippen LogP contribution in [0.15, 0.2) is 47.5 Å². The van der Waals surface area contributed by atoms with E-state index in [9.17, 15) is 0 Å². The second kappa shape index (κ2) is 6.58. The predicted molar refractivity (Wildman–Crippen MR) is 95.6 cm³/mol. The summed E-state index contributed by atoms with van der Waals surface area (Å²) in [5.41, 5.74) is 2.37. The summed E-state index contributed by atoms with van der Waals surface area (Å²) in [6.45, 7) is 1.75. The molecule has 9 heteroatoms. The van der Waals surface area contributed by atoms with Crippen LogP contribution in [0.4, 0.5) is 5.69 Å². The van der Waals surface area contributed by atoms with Crippen LogP contribution in [0.1, 0.15) is 12.5 Å². The van der Waals surface area contributed by atoms with E-state index in [1.54, 1.807) is 48.4 Å². The number of fused-ring (bicyclic) bond motifs is 1. The van der Waals surface area contributed by atoms with E-state index >= 15 is 0 Å². The van der Waals surface area contributed by atoms with Crippen LogP contribution < -0.4 is 5.32 Å². The number of hydrogen-bond acceptors (Lipinski definition) is 8. The van der Waals surface area contributed by atoms with Crippen molar-refractivity contribution < 1.29 is 4.52 Å². The van der Waals surface area contributed by atoms with Gasteiger partial charge in [-0.1, -0.05) is 5.16 Å². The van der Waals surface area contributed by atoms with E-state index < -0.39 is 6.04 Å². The molecule has 0 aliphatic rings. The number of hydrogen-bond donors (Lipinski definition) is 1. The number of nitriles is 2. The first kappa shape index (κ1) is 16.2. The summed E-state index contributed by atoms with van der Waals surface area (Å²) in [6.07, 6.45) is 6.28. The largest absolute Gasteiger partial charge is 0.369 e. The molecule has 1 N–H and O–H groups in total. The predicted octanol–water partition coefficient (Wildman–Crippen LogP) is 2.67. The van der Waals surface area contributed by atoms with Crippen molar-refractivity contribution in [3.8, 4) is 29.3 Å². The molecular weight excluding hydrogens is 344 g/mol. The lowest BCUT2D eigenvalue weighted by Crippen LogP contribution is -2.14. The van der Waals surface area contributed by atoms with Gasteiger partial charge >= 0.3 is 0 Å². The molecule has 27 heavy (non-hydrogen) atoms. The van der Waals surface area contributed by atoms with E-state index in [-0.39, 0.29) is 0 Å². The number of anilines is 1. The van der Waals surface area contributed by atoms with Gasteiger partial charge in [0.05, 0.1) is 35.3 Å². The lowest BCUT2D eigenvalue weighted by atomic mass is 10.1. The molecular formula is C18H12N8O. The molecule has 9 nitrogen and oxygen atoms in total. The minimum absolute atomic E-state index is 0.424. The second-order valence-electron chi connectivity index (χ2n) is 5.76. The molecule has 0 spiro atoms. The van der Waals surface area contributed by atoms with Crippen LogP contribution in [-0.2, 0) is 0 Å². The van der Waals surface area contributed by atoms with Crippen molar-refractivity contribution in [2.45, 2.75) is 13.0 Å². The van der Waals surface area contributed by atoms with Crippen LogP contribution in [0.25, 0.3) is 28.2 Å². The van der Waals surface area contributed by atoms with Gasteiger partial charge in [0, 0.05) is 29.9 Å². The molecule has 0 saturated heterocycles. The highest BCUT2D eigenvalue weighted by Gasteiger charge is 2.15. The molecule has 0 fully saturated rings. The molecule has 0 aliphatic carbocycles. The van der Waals surface area contributed by atoms with E-state index in [4.69, 9.17) is 15.0 Å². The minimum atomic E-state index is -0.424. The van der Waals surface area contributed by atoms with Crippen LogP contribution >= 0.6 is 0 Å². The summed E-state index contributed by atoms with van der Waals surface area (Å²) in [6, 6.07) is 8.96. The average molecular weight is 356 g/mol. The van der Waals surface area contributed by atoms with Crippen molar-refractivity contribution in [3.05, 3.63) is 48.5 Å². The lowest BCUT2D eigenvalue weighted by molar-refractivity contribution is 0.432. The van der Waals surface area contributed by atoms with E-state index in [1.807, 2.05) is 0 Å². The number of pyridine rings is 2. The van der Waals surface area contributed by atoms with Gasteiger partial charge in [-0.05, 0) is 13.0 Å². The molecule has 4 aromatic heterocycles. The fourth-order valence-electron chi connectivity index (χ4n) is 2.65. The summed E-state index contributed by atoms with van der Waals surface area (Å²) in [4.78, 5) is 8.75. The highest BCUT2D eigenvalue weighted by molar-refractivity contribution is 5.79. The summed E-state index contributed by atoms with van der Waals surface area (Å²) in [5, 5.41) is 30.1. The first-order valence-electron chi connectivity index (χ1n) is 8.01. The summed E-state index contributed by atoms with van der Waals surface area (Å²) >= 11 is 0. The molecule has 0 bridgehead atoms. The number of nitrogens with one attached hydrogen (secondary N) is 1. The van der Waals surface area contributed by atoms with Crippen LogP contribution in [0, 0.1) is 22.7 Å². The summed E-state index contributed by atoms with van der Waals surface area (Å²) in [7, 11) is 0. The van der Waals surface area contributed by atoms with Gasteiger partial charge in [0.1, 0.15) is 12.1 Å². The molecule has 0 amide bonds. The topological polar surface area (TPSA) is 129 Å². The maximum atomic E-state index is 9.14. The lowest BCUT2D eigenvalue weighted by Gasteiger charge is -2.13. The van der Waals surface area contributed by atoms with Crippen molar-refractivity contribution in [2.75, 3.05) is 5.32 Å². The van der Waals surface area contributed by atoms with Crippen molar-refractivity contribution in [1.29, 1.82) is 10.5 Å². The van der Waals surface area contributed by atoms with Crippen LogP contribution in [0.5, 0.6) is 0 Å². The molecule has 130 valence electrons. The SMILES string of the molecule is C[C@H](C#N)Nc1cc(-n2ncc3cc(C#N)cnc32)ncc1-c1ccno1. The Labute approximate surface area is 153 Å². The Morgan fingerprint density at radius 2 is 2.07 bits per heavy atom. The maximum absolute atomic E-state index is 9.14. The smallest absolute Gasteiger partial charge is 0.170 e. The first-order valence-corrected chi connectivity index (χ1v) is 8.01. The quantitative estimate of drug-likeness (QED) is 0.591. The normalized spacial score (nSPS) is 11.7. The van der Waals surface area contributed by atoms with Crippen LogP contribution in [0.2, 0.25) is 0 Å². The van der Waals surface area contributed by atoms with E-state index in [0.717, 1.165) is 5.39 Å². The molecule has 0 aromatic carbocycles. The Bertz CT molecular complexity index is 1200. The van der Waals surface area contributed by atoms with Crippen molar-refractivity contribution in [2.24, 2.45) is 0 Å². The average Bonchev–Trinajstić information content (AvgIpc) is 3.37. The van der Waals surface area contributed by atoms with Crippen molar-refractivity contribution in [1.82, 2.24) is 24.9 Å². The Morgan fingerprint density at radius 1 is 1.19 bits per heavy atom. The summed E-state index contributed by atoms with van der Waals surface area (Å²) in [5.74, 6) is 1.04. The van der Waals surface area contributed by atoms with Crippen molar-refractivity contribution >= 4 is 16.7 Å². The Hall–Kier alpha value is -4.24. The van der Waals surface area contributed by atoms with Gasteiger partial charge in [0.2, 0.25) is 0 Å². The zero-order valence-corrected chi connectivity index (χ0v) is 14.2. The molecule has 0 radical (unpaired) electrons. The van der Waals surface area contributed by atoms with Gasteiger partial charge in [-0.3, -0.25) is 0 Å². The highest BCUT2D eigenvalue weighted by Crippen LogP contribution is 2.29. The van der Waals surface area contributed by atoms with Crippen LogP contribution in [-0.4, -0.2) is 30.9 Å². The van der Waals surface area contributed by atoms with Crippen LogP contribution in [0.3, 0.4) is 0 Å². The van der Waals surface area contributed by atoms with Gasteiger partial charge in [0.25, 0.3) is 0 Å². The monoisotopic (exact) mass is 356 g/mol. The Kier molecular flexibility index (Phi) is 3.96. The molecule has 4 aromatic rings. The zero-order chi connectivity index (χ0) is 18.8. The van der Waals surface area contributed by atoms with E-state index in [1.165, 1.54) is 6.20 Å². The van der Waals surface area contributed by atoms with E-state index in [2.05, 4.69) is 37.7 Å². The Balaban J connectivity index is 1.84. The standard InChI is InChI=1S/C18H12N8O/c1-11(6-19)25-15-5-17(21-10-14(15)16-2-3-24-27-16)26-18-13(9-23-26)4-12(7-20)8-22-18/h2-5,8-11H,1H3,(H,21,25)/t11-/m1/s1. The maximum Gasteiger partial charge on any atom is 0.170 e. The third-order valence-electron chi connectivity index (χ3n) is 3.91. The summed E-state index contributed by atoms with van der Waals surface area (Å²) < 4.78 is 6.80. The number of rotatable bonds is 4. The molecule has 0 saturated carbocycles. The first-order chi connectivity index (χ1) is 13.2. The number of aromatic nitrogens is 5. The highest BCUT2D eigenvalue weighted by atomic mass is 16.5. The minimum Gasteiger partial charge on any atom is -0.369 e. The van der Waals surface area contributed by atoms with Gasteiger partial charge in [-0.15, -0.1) is 0 Å². The second-order valence-corrected chi connectivity index (χ2v) is 5.76. The molecule has 4 rings (SSSR count). The van der Waals surface area contributed by atoms with Gasteiger partial charge < -0.3 is 9.84 Å². The van der Waals surface area contributed by atoms with E-state index in [0.29, 0.717) is 34.0 Å². The fraction of sp³-hybridized carbons (Fsp3) is 0.111. The molecule has 1 atom stereocenters. The van der Waals surface area contributed by atoms with Gasteiger partial charge in [-0.25, -0.2) is 9.97 Å². The third-order valence-corrected chi connectivity index (χ3v) is 3.91. The zero-order valence-electron chi connectivity index (χ0n) is 14.2. The molecule has 0 unspecified atom stereocenters. The van der Waals surface area contributed by atoms with Crippen molar-refractivity contribution in [3.63, 3.8) is 0 Å². The molecule has 4 heterocycles. The third kappa shape index (κ3) is 2.94. The fourth-order valence-corrected chi connectivity index (χ4v) is 2.65. The van der Waals surface area contributed by atoms with Gasteiger partial charge in [0.15, 0.2) is 17.2 Å². The molecule has 0 aliphatic heterocycles.